The van der Waals surface area contributed by atoms with Crippen molar-refractivity contribution in [3.8, 4) is 0 Å². The third kappa shape index (κ3) is 7.90. The summed E-state index contributed by atoms with van der Waals surface area (Å²) in [7, 11) is -4.14. The minimum absolute atomic E-state index is 0.0889. The average molecular weight is 598 g/mol. The van der Waals surface area contributed by atoms with E-state index in [0.717, 1.165) is 22.3 Å². The van der Waals surface area contributed by atoms with E-state index < -0.39 is 28.5 Å². The Morgan fingerprint density at radius 2 is 1.35 bits per heavy atom. The van der Waals surface area contributed by atoms with Crippen LogP contribution in [0, 0.1) is 20.8 Å². The molecule has 43 heavy (non-hydrogen) atoms. The third-order valence-electron chi connectivity index (χ3n) is 7.34. The van der Waals surface area contributed by atoms with Gasteiger partial charge in [-0.25, -0.2) is 8.42 Å². The molecular weight excluding hydrogens is 558 g/mol. The highest BCUT2D eigenvalue weighted by Crippen LogP contribution is 2.29. The van der Waals surface area contributed by atoms with E-state index in [0.29, 0.717) is 17.8 Å². The van der Waals surface area contributed by atoms with Gasteiger partial charge in [0, 0.05) is 19.5 Å². The zero-order chi connectivity index (χ0) is 31.0. The van der Waals surface area contributed by atoms with Crippen LogP contribution >= 0.6 is 0 Å². The van der Waals surface area contributed by atoms with Gasteiger partial charge in [-0.2, -0.15) is 0 Å². The first-order chi connectivity index (χ1) is 20.6. The van der Waals surface area contributed by atoms with Gasteiger partial charge >= 0.3 is 0 Å². The van der Waals surface area contributed by atoms with Crippen molar-refractivity contribution in [3.05, 3.63) is 131 Å². The summed E-state index contributed by atoms with van der Waals surface area (Å²) in [5.74, 6) is -0.775. The Labute approximate surface area is 255 Å². The third-order valence-corrected chi connectivity index (χ3v) is 9.11. The molecule has 2 amide bonds. The molecule has 0 aliphatic heterocycles. The Bertz CT molecular complexity index is 1640. The van der Waals surface area contributed by atoms with Crippen molar-refractivity contribution in [1.29, 1.82) is 0 Å². The quantitative estimate of drug-likeness (QED) is 0.231. The van der Waals surface area contributed by atoms with Gasteiger partial charge in [-0.1, -0.05) is 90.5 Å². The first-order valence-corrected chi connectivity index (χ1v) is 15.9. The van der Waals surface area contributed by atoms with Crippen LogP contribution < -0.4 is 9.62 Å². The standard InChI is InChI=1S/C35H39N3O4S/c1-5-36-35(40)33(23-29-12-8-6-9-13-29)37(24-30-14-10-7-11-15-30)34(39)25-38(32-22-27(3)16-19-28(32)4)43(41,42)31-20-17-26(2)18-21-31/h6-22,33H,5,23-25H2,1-4H3,(H,36,40). The molecule has 0 radical (unpaired) electrons. The summed E-state index contributed by atoms with van der Waals surface area (Å²) >= 11 is 0. The number of carbonyl (C=O) groups is 2. The summed E-state index contributed by atoms with van der Waals surface area (Å²) in [5, 5.41) is 2.89. The molecule has 224 valence electrons. The van der Waals surface area contributed by atoms with E-state index in [2.05, 4.69) is 5.32 Å². The first-order valence-electron chi connectivity index (χ1n) is 14.4. The lowest BCUT2D eigenvalue weighted by Crippen LogP contribution is -2.53. The highest BCUT2D eigenvalue weighted by Gasteiger charge is 2.35. The van der Waals surface area contributed by atoms with Crippen LogP contribution in [0.3, 0.4) is 0 Å². The Morgan fingerprint density at radius 3 is 1.95 bits per heavy atom. The predicted octanol–water partition coefficient (Wildman–Crippen LogP) is 5.58. The molecule has 0 bridgehead atoms. The van der Waals surface area contributed by atoms with E-state index >= 15 is 0 Å². The zero-order valence-electron chi connectivity index (χ0n) is 25.2. The van der Waals surface area contributed by atoms with E-state index in [9.17, 15) is 18.0 Å². The summed E-state index contributed by atoms with van der Waals surface area (Å²) in [6.45, 7) is 7.49. The van der Waals surface area contributed by atoms with Gasteiger partial charge in [-0.3, -0.25) is 13.9 Å². The molecule has 0 heterocycles. The second-order valence-corrected chi connectivity index (χ2v) is 12.6. The lowest BCUT2D eigenvalue weighted by atomic mass is 10.0. The molecule has 0 spiro atoms. The number of nitrogens with zero attached hydrogens (tertiary/aromatic N) is 2. The van der Waals surface area contributed by atoms with Crippen molar-refractivity contribution in [2.45, 2.75) is 51.6 Å². The van der Waals surface area contributed by atoms with Crippen molar-refractivity contribution < 1.29 is 18.0 Å². The van der Waals surface area contributed by atoms with Gasteiger partial charge in [-0.15, -0.1) is 0 Å². The van der Waals surface area contributed by atoms with Gasteiger partial charge in [0.25, 0.3) is 10.0 Å². The SMILES string of the molecule is CCNC(=O)C(Cc1ccccc1)N(Cc1ccccc1)C(=O)CN(c1cc(C)ccc1C)S(=O)(=O)c1ccc(C)cc1. The maximum absolute atomic E-state index is 14.4. The van der Waals surface area contributed by atoms with E-state index in [1.807, 2.05) is 100 Å². The zero-order valence-corrected chi connectivity index (χ0v) is 26.0. The second kappa shape index (κ2) is 14.2. The Kier molecular flexibility index (Phi) is 10.4. The molecule has 1 unspecified atom stereocenters. The van der Waals surface area contributed by atoms with Crippen LogP contribution in [0.4, 0.5) is 5.69 Å². The second-order valence-electron chi connectivity index (χ2n) is 10.7. The highest BCUT2D eigenvalue weighted by molar-refractivity contribution is 7.92. The summed E-state index contributed by atoms with van der Waals surface area (Å²) in [4.78, 5) is 29.6. The Hall–Kier alpha value is -4.43. The molecule has 4 aromatic rings. The molecule has 1 N–H and O–H groups in total. The number of amides is 2. The maximum Gasteiger partial charge on any atom is 0.264 e. The van der Waals surface area contributed by atoms with Crippen molar-refractivity contribution in [2.24, 2.45) is 0 Å². The Balaban J connectivity index is 1.81. The first kappa shape index (κ1) is 31.5. The van der Waals surface area contributed by atoms with Crippen molar-refractivity contribution in [1.82, 2.24) is 10.2 Å². The summed E-state index contributed by atoms with van der Waals surface area (Å²) in [6, 6.07) is 30.2. The number of aryl methyl sites for hydroxylation is 3. The van der Waals surface area contributed by atoms with E-state index in [1.165, 1.54) is 9.21 Å². The van der Waals surface area contributed by atoms with E-state index in [-0.39, 0.29) is 23.8 Å². The fourth-order valence-corrected chi connectivity index (χ4v) is 6.44. The summed E-state index contributed by atoms with van der Waals surface area (Å²) in [6.07, 6.45) is 0.277. The number of benzene rings is 4. The van der Waals surface area contributed by atoms with Crippen LogP contribution in [0.25, 0.3) is 0 Å². The number of nitrogens with one attached hydrogen (secondary N) is 1. The average Bonchev–Trinajstić information content (AvgIpc) is 3.00. The largest absolute Gasteiger partial charge is 0.355 e. The number of likely N-dealkylation sites (N-methyl/N-ethyl adjacent to an activating group) is 1. The molecule has 0 aliphatic rings. The molecule has 0 aliphatic carbocycles. The van der Waals surface area contributed by atoms with E-state index in [1.54, 1.807) is 30.3 Å². The van der Waals surface area contributed by atoms with Crippen LogP contribution in [0.5, 0.6) is 0 Å². The maximum atomic E-state index is 14.4. The van der Waals surface area contributed by atoms with Crippen molar-refractivity contribution in [2.75, 3.05) is 17.4 Å². The molecule has 4 aromatic carbocycles. The fraction of sp³-hybridized carbons (Fsp3) is 0.257. The molecule has 4 rings (SSSR count). The molecule has 0 aromatic heterocycles. The van der Waals surface area contributed by atoms with Gasteiger partial charge in [0.15, 0.2) is 0 Å². The van der Waals surface area contributed by atoms with Gasteiger partial charge in [0.1, 0.15) is 12.6 Å². The van der Waals surface area contributed by atoms with Gasteiger partial charge < -0.3 is 10.2 Å². The number of rotatable bonds is 12. The van der Waals surface area contributed by atoms with Crippen molar-refractivity contribution >= 4 is 27.5 Å². The van der Waals surface area contributed by atoms with Crippen LogP contribution in [-0.4, -0.2) is 44.3 Å². The van der Waals surface area contributed by atoms with Crippen LogP contribution in [0.15, 0.2) is 108 Å². The normalized spacial score (nSPS) is 11.9. The summed E-state index contributed by atoms with van der Waals surface area (Å²) in [5.41, 5.74) is 4.65. The molecule has 8 heteroatoms. The van der Waals surface area contributed by atoms with Gasteiger partial charge in [-0.05, 0) is 68.1 Å². The molecule has 0 saturated carbocycles. The molecule has 7 nitrogen and oxygen atoms in total. The number of anilines is 1. The van der Waals surface area contributed by atoms with Crippen molar-refractivity contribution in [3.63, 3.8) is 0 Å². The monoisotopic (exact) mass is 597 g/mol. The number of sulfonamides is 1. The van der Waals surface area contributed by atoms with E-state index in [4.69, 9.17) is 0 Å². The van der Waals surface area contributed by atoms with Crippen LogP contribution in [-0.2, 0) is 32.6 Å². The molecular formula is C35H39N3O4S. The van der Waals surface area contributed by atoms with Gasteiger partial charge in [0.2, 0.25) is 11.8 Å². The van der Waals surface area contributed by atoms with Crippen LogP contribution in [0.1, 0.15) is 34.7 Å². The Morgan fingerprint density at radius 1 is 0.767 bits per heavy atom. The fourth-order valence-electron chi connectivity index (χ4n) is 4.97. The number of carbonyl (C=O) groups excluding carboxylic acids is 2. The highest BCUT2D eigenvalue weighted by atomic mass is 32.2. The van der Waals surface area contributed by atoms with Crippen LogP contribution in [0.2, 0.25) is 0 Å². The number of hydrogen-bond acceptors (Lipinski definition) is 4. The smallest absolute Gasteiger partial charge is 0.264 e. The lowest BCUT2D eigenvalue weighted by Gasteiger charge is -2.34. The predicted molar refractivity (Wildman–Crippen MR) is 171 cm³/mol. The number of hydrogen-bond donors (Lipinski definition) is 1. The molecule has 1 atom stereocenters. The minimum Gasteiger partial charge on any atom is -0.355 e. The summed E-state index contributed by atoms with van der Waals surface area (Å²) < 4.78 is 29.6. The minimum atomic E-state index is -4.14. The van der Waals surface area contributed by atoms with Gasteiger partial charge in [0.05, 0.1) is 10.6 Å². The molecule has 0 saturated heterocycles. The molecule has 0 fully saturated rings. The topological polar surface area (TPSA) is 86.8 Å². The lowest BCUT2D eigenvalue weighted by molar-refractivity contribution is -0.140.